The first-order valence-electron chi connectivity index (χ1n) is 8.46. The highest BCUT2D eigenvalue weighted by molar-refractivity contribution is 5.80. The minimum absolute atomic E-state index is 0.00467. The first kappa shape index (κ1) is 19.4. The van der Waals surface area contributed by atoms with Crippen molar-refractivity contribution in [3.63, 3.8) is 0 Å². The molecule has 0 heterocycles. The molecular weight excluding hydrogens is 330 g/mol. The summed E-state index contributed by atoms with van der Waals surface area (Å²) < 4.78 is 10.7. The van der Waals surface area contributed by atoms with Crippen LogP contribution in [-0.2, 0) is 6.54 Å². The van der Waals surface area contributed by atoms with Crippen molar-refractivity contribution in [3.05, 3.63) is 53.1 Å². The third-order valence-corrected chi connectivity index (χ3v) is 4.16. The molecular formula is C20H27N3O3. The molecule has 0 aliphatic rings. The molecule has 0 aliphatic heterocycles. The van der Waals surface area contributed by atoms with Gasteiger partial charge in [0, 0.05) is 24.7 Å². The summed E-state index contributed by atoms with van der Waals surface area (Å²) in [5, 5.41) is 16.6. The average Bonchev–Trinajstić information content (AvgIpc) is 2.65. The minimum Gasteiger partial charge on any atom is -0.508 e. The predicted molar refractivity (Wildman–Crippen MR) is 104 cm³/mol. The number of phenolic OH excluding ortho intramolecular Hbond substituents is 1. The summed E-state index contributed by atoms with van der Waals surface area (Å²) in [7, 11) is 4.97. The first-order chi connectivity index (χ1) is 12.5. The quantitative estimate of drug-likeness (QED) is 0.547. The van der Waals surface area contributed by atoms with Crippen LogP contribution in [0.4, 0.5) is 0 Å². The lowest BCUT2D eigenvalue weighted by Crippen LogP contribution is -2.38. The number of aryl methyl sites for hydroxylation is 1. The molecule has 0 aliphatic carbocycles. The highest BCUT2D eigenvalue weighted by atomic mass is 16.5. The zero-order chi connectivity index (χ0) is 19.1. The maximum absolute atomic E-state index is 10.0. The molecule has 0 aromatic heterocycles. The summed E-state index contributed by atoms with van der Waals surface area (Å²) in [5.74, 6) is 2.36. The maximum atomic E-state index is 10.0. The van der Waals surface area contributed by atoms with Crippen molar-refractivity contribution in [3.8, 4) is 17.2 Å². The SMILES string of the molecule is CN=C(NCc1cc(OC)ccc1O)NC(C)c1cc(C)ccc1OC. The topological polar surface area (TPSA) is 75.1 Å². The normalized spacial score (nSPS) is 12.4. The minimum atomic E-state index is -0.00467. The smallest absolute Gasteiger partial charge is 0.191 e. The lowest BCUT2D eigenvalue weighted by atomic mass is 10.0. The zero-order valence-corrected chi connectivity index (χ0v) is 16.0. The van der Waals surface area contributed by atoms with E-state index in [-0.39, 0.29) is 11.8 Å². The van der Waals surface area contributed by atoms with Gasteiger partial charge < -0.3 is 25.2 Å². The fourth-order valence-electron chi connectivity index (χ4n) is 2.68. The number of rotatable bonds is 6. The molecule has 0 radical (unpaired) electrons. The van der Waals surface area contributed by atoms with Crippen molar-refractivity contribution in [1.82, 2.24) is 10.6 Å². The molecule has 0 saturated heterocycles. The monoisotopic (exact) mass is 357 g/mol. The lowest BCUT2D eigenvalue weighted by Gasteiger charge is -2.21. The second kappa shape index (κ2) is 8.99. The average molecular weight is 357 g/mol. The molecule has 0 bridgehead atoms. The number of aliphatic imine (C=N–C) groups is 1. The van der Waals surface area contributed by atoms with Crippen LogP contribution in [0.5, 0.6) is 17.2 Å². The Hall–Kier alpha value is -2.89. The fraction of sp³-hybridized carbons (Fsp3) is 0.350. The molecule has 2 aromatic rings. The summed E-state index contributed by atoms with van der Waals surface area (Å²) in [6, 6.07) is 11.2. The second-order valence-electron chi connectivity index (χ2n) is 6.03. The van der Waals surface area contributed by atoms with E-state index in [2.05, 4.69) is 21.7 Å². The van der Waals surface area contributed by atoms with Gasteiger partial charge in [-0.25, -0.2) is 0 Å². The Bertz CT molecular complexity index is 775. The fourth-order valence-corrected chi connectivity index (χ4v) is 2.68. The Morgan fingerprint density at radius 3 is 2.58 bits per heavy atom. The van der Waals surface area contributed by atoms with Gasteiger partial charge in [-0.05, 0) is 38.1 Å². The van der Waals surface area contributed by atoms with Crippen LogP contribution in [-0.4, -0.2) is 32.3 Å². The molecule has 0 spiro atoms. The summed E-state index contributed by atoms with van der Waals surface area (Å²) in [6.07, 6.45) is 0. The number of nitrogens with one attached hydrogen (secondary N) is 2. The van der Waals surface area contributed by atoms with Crippen LogP contribution in [0.3, 0.4) is 0 Å². The molecule has 2 aromatic carbocycles. The molecule has 1 unspecified atom stereocenters. The van der Waals surface area contributed by atoms with E-state index >= 15 is 0 Å². The number of guanidine groups is 1. The van der Waals surface area contributed by atoms with Gasteiger partial charge >= 0.3 is 0 Å². The molecule has 6 heteroatoms. The Kier molecular flexibility index (Phi) is 6.72. The molecule has 0 fully saturated rings. The van der Waals surface area contributed by atoms with E-state index < -0.39 is 0 Å². The Balaban J connectivity index is 2.07. The van der Waals surface area contributed by atoms with Gasteiger partial charge in [0.15, 0.2) is 5.96 Å². The summed E-state index contributed by atoms with van der Waals surface area (Å²) >= 11 is 0. The van der Waals surface area contributed by atoms with Crippen molar-refractivity contribution in [2.75, 3.05) is 21.3 Å². The number of ether oxygens (including phenoxy) is 2. The van der Waals surface area contributed by atoms with Gasteiger partial charge in [0.1, 0.15) is 17.2 Å². The molecule has 26 heavy (non-hydrogen) atoms. The van der Waals surface area contributed by atoms with Gasteiger partial charge in [-0.3, -0.25) is 4.99 Å². The molecule has 1 atom stereocenters. The van der Waals surface area contributed by atoms with E-state index in [0.29, 0.717) is 18.3 Å². The summed E-state index contributed by atoms with van der Waals surface area (Å²) in [6.45, 7) is 4.52. The zero-order valence-electron chi connectivity index (χ0n) is 16.0. The number of benzene rings is 2. The van der Waals surface area contributed by atoms with E-state index in [9.17, 15) is 5.11 Å². The van der Waals surface area contributed by atoms with Gasteiger partial charge in [-0.15, -0.1) is 0 Å². The van der Waals surface area contributed by atoms with E-state index in [1.54, 1.807) is 39.5 Å². The highest BCUT2D eigenvalue weighted by Gasteiger charge is 2.13. The van der Waals surface area contributed by atoms with Crippen LogP contribution in [0, 0.1) is 6.92 Å². The number of nitrogens with zero attached hydrogens (tertiary/aromatic N) is 1. The molecule has 6 nitrogen and oxygen atoms in total. The van der Waals surface area contributed by atoms with Crippen LogP contribution in [0.25, 0.3) is 0 Å². The number of hydrogen-bond donors (Lipinski definition) is 3. The van der Waals surface area contributed by atoms with Crippen LogP contribution in [0.15, 0.2) is 41.4 Å². The second-order valence-corrected chi connectivity index (χ2v) is 6.03. The lowest BCUT2D eigenvalue weighted by molar-refractivity contribution is 0.405. The number of hydrogen-bond acceptors (Lipinski definition) is 4. The van der Waals surface area contributed by atoms with E-state index in [1.807, 2.05) is 26.0 Å². The Morgan fingerprint density at radius 2 is 1.92 bits per heavy atom. The Morgan fingerprint density at radius 1 is 1.15 bits per heavy atom. The first-order valence-corrected chi connectivity index (χ1v) is 8.46. The van der Waals surface area contributed by atoms with Crippen molar-refractivity contribution in [2.45, 2.75) is 26.4 Å². The Labute approximate surface area is 154 Å². The molecule has 0 amide bonds. The van der Waals surface area contributed by atoms with Crippen LogP contribution >= 0.6 is 0 Å². The maximum Gasteiger partial charge on any atom is 0.191 e. The molecule has 2 rings (SSSR count). The van der Waals surface area contributed by atoms with Crippen molar-refractivity contribution in [2.24, 2.45) is 4.99 Å². The van der Waals surface area contributed by atoms with Crippen molar-refractivity contribution < 1.29 is 14.6 Å². The third-order valence-electron chi connectivity index (χ3n) is 4.16. The van der Waals surface area contributed by atoms with Gasteiger partial charge in [-0.1, -0.05) is 17.7 Å². The highest BCUT2D eigenvalue weighted by Crippen LogP contribution is 2.26. The van der Waals surface area contributed by atoms with Crippen LogP contribution in [0.2, 0.25) is 0 Å². The van der Waals surface area contributed by atoms with Gasteiger partial charge in [0.2, 0.25) is 0 Å². The number of phenols is 1. The van der Waals surface area contributed by atoms with E-state index in [0.717, 1.165) is 16.9 Å². The molecule has 3 N–H and O–H groups in total. The standard InChI is InChI=1S/C20H27N3O3/c1-13-6-9-19(26-5)17(10-13)14(2)23-20(21-3)22-12-15-11-16(25-4)7-8-18(15)24/h6-11,14,24H,12H2,1-5H3,(H2,21,22,23). The van der Waals surface area contributed by atoms with Crippen LogP contribution in [0.1, 0.15) is 29.7 Å². The third kappa shape index (κ3) is 4.81. The van der Waals surface area contributed by atoms with Gasteiger partial charge in [-0.2, -0.15) is 0 Å². The van der Waals surface area contributed by atoms with Crippen LogP contribution < -0.4 is 20.1 Å². The van der Waals surface area contributed by atoms with Gasteiger partial charge in [0.05, 0.1) is 20.3 Å². The summed E-state index contributed by atoms with van der Waals surface area (Å²) in [5.41, 5.74) is 2.95. The summed E-state index contributed by atoms with van der Waals surface area (Å²) in [4.78, 5) is 4.26. The number of methoxy groups -OCH3 is 2. The van der Waals surface area contributed by atoms with Crippen molar-refractivity contribution in [1.29, 1.82) is 0 Å². The molecule has 0 saturated carbocycles. The largest absolute Gasteiger partial charge is 0.508 e. The van der Waals surface area contributed by atoms with E-state index in [1.165, 1.54) is 5.56 Å². The predicted octanol–water partition coefficient (Wildman–Crippen LogP) is 3.14. The number of aromatic hydroxyl groups is 1. The van der Waals surface area contributed by atoms with Crippen molar-refractivity contribution >= 4 is 5.96 Å². The van der Waals surface area contributed by atoms with Gasteiger partial charge in [0.25, 0.3) is 0 Å². The van der Waals surface area contributed by atoms with E-state index in [4.69, 9.17) is 9.47 Å². The molecule has 140 valence electrons.